The Morgan fingerprint density at radius 1 is 1.13 bits per heavy atom. The molecule has 8 heteroatoms. The first kappa shape index (κ1) is 21.9. The molecule has 3 aromatic rings. The van der Waals surface area contributed by atoms with E-state index < -0.39 is 18.4 Å². The quantitative estimate of drug-likeness (QED) is 0.540. The lowest BCUT2D eigenvalue weighted by Gasteiger charge is -2.09. The molecule has 2 aromatic carbocycles. The predicted molar refractivity (Wildman–Crippen MR) is 114 cm³/mol. The average molecular weight is 433 g/mol. The number of carbonyl (C=O) groups excluding carboxylic acids is 2. The van der Waals surface area contributed by atoms with Crippen molar-refractivity contribution >= 4 is 23.6 Å². The number of pyridine rings is 1. The molecule has 3 rings (SSSR count). The van der Waals surface area contributed by atoms with Gasteiger partial charge in [0, 0.05) is 17.2 Å². The number of rotatable bonds is 8. The number of carboxylic acid groups (broad SMARTS) is 1. The van der Waals surface area contributed by atoms with Crippen molar-refractivity contribution in [2.75, 3.05) is 19.4 Å². The summed E-state index contributed by atoms with van der Waals surface area (Å²) in [5, 5.41) is 23.2. The maximum atomic E-state index is 12.0. The largest absolute Gasteiger partial charge is 0.548 e. The van der Waals surface area contributed by atoms with Gasteiger partial charge in [-0.3, -0.25) is 4.79 Å². The van der Waals surface area contributed by atoms with Gasteiger partial charge in [0.2, 0.25) is 11.6 Å². The number of ether oxygens (including phenoxy) is 1. The zero-order valence-corrected chi connectivity index (χ0v) is 17.5. The highest BCUT2D eigenvalue weighted by Gasteiger charge is 2.22. The fourth-order valence-corrected chi connectivity index (χ4v) is 3.77. The van der Waals surface area contributed by atoms with Crippen molar-refractivity contribution in [1.29, 1.82) is 5.26 Å². The monoisotopic (exact) mass is 433 g/mol. The molecule has 31 heavy (non-hydrogen) atoms. The number of carbonyl (C=O) groups is 2. The van der Waals surface area contributed by atoms with Gasteiger partial charge in [-0.15, -0.1) is 0 Å². The van der Waals surface area contributed by atoms with Gasteiger partial charge < -0.3 is 20.0 Å². The topological polar surface area (TPSA) is 116 Å². The van der Waals surface area contributed by atoms with Gasteiger partial charge in [-0.1, -0.05) is 30.3 Å². The third kappa shape index (κ3) is 5.62. The second kappa shape index (κ2) is 10.3. The Labute approximate surface area is 183 Å². The fraction of sp³-hybridized carbons (Fsp3) is 0.130. The van der Waals surface area contributed by atoms with E-state index in [2.05, 4.69) is 16.4 Å². The van der Waals surface area contributed by atoms with Crippen LogP contribution in [0.25, 0.3) is 22.4 Å². The molecule has 0 saturated carbocycles. The van der Waals surface area contributed by atoms with Gasteiger partial charge in [0.1, 0.15) is 17.4 Å². The number of hydrogen-bond acceptors (Lipinski definition) is 6. The van der Waals surface area contributed by atoms with E-state index in [1.807, 2.05) is 60.7 Å². The second-order valence-electron chi connectivity index (χ2n) is 6.44. The number of nitrogens with one attached hydrogen (secondary N) is 2. The number of thioether (sulfide) groups is 1. The number of benzene rings is 2. The zero-order valence-electron chi connectivity index (χ0n) is 16.7. The van der Waals surface area contributed by atoms with Gasteiger partial charge in [0.05, 0.1) is 25.4 Å². The second-order valence-corrected chi connectivity index (χ2v) is 7.43. The van der Waals surface area contributed by atoms with Crippen LogP contribution in [0.3, 0.4) is 0 Å². The van der Waals surface area contributed by atoms with Crippen LogP contribution in [-0.2, 0) is 9.59 Å². The molecule has 1 amide bonds. The average Bonchev–Trinajstić information content (AvgIpc) is 2.81. The molecule has 0 spiro atoms. The number of amides is 1. The summed E-state index contributed by atoms with van der Waals surface area (Å²) in [6.07, 6.45) is 0. The van der Waals surface area contributed by atoms with E-state index in [9.17, 15) is 20.0 Å². The molecule has 1 heterocycles. The van der Waals surface area contributed by atoms with E-state index >= 15 is 0 Å². The highest BCUT2D eigenvalue weighted by Crippen LogP contribution is 2.32. The van der Waals surface area contributed by atoms with Crippen LogP contribution in [0.2, 0.25) is 0 Å². The summed E-state index contributed by atoms with van der Waals surface area (Å²) in [5.41, 5.74) is 3.63. The Morgan fingerprint density at radius 3 is 2.45 bits per heavy atom. The van der Waals surface area contributed by atoms with E-state index in [4.69, 9.17) is 4.74 Å². The van der Waals surface area contributed by atoms with Crippen molar-refractivity contribution in [1.82, 2.24) is 5.32 Å². The molecule has 0 fully saturated rings. The lowest BCUT2D eigenvalue weighted by Crippen LogP contribution is -2.38. The summed E-state index contributed by atoms with van der Waals surface area (Å²) < 4.78 is 5.22. The highest BCUT2D eigenvalue weighted by atomic mass is 32.2. The summed E-state index contributed by atoms with van der Waals surface area (Å²) in [6.45, 7) is -0.560. The maximum absolute atomic E-state index is 12.0. The summed E-state index contributed by atoms with van der Waals surface area (Å²) >= 11 is 1.13. The Balaban J connectivity index is 2.02. The molecular formula is C23H19N3O4S. The molecule has 0 unspecified atom stereocenters. The molecule has 0 bridgehead atoms. The fourth-order valence-electron chi connectivity index (χ4n) is 2.91. The third-order valence-electron chi connectivity index (χ3n) is 4.41. The Morgan fingerprint density at radius 2 is 1.84 bits per heavy atom. The van der Waals surface area contributed by atoms with Crippen molar-refractivity contribution in [3.8, 4) is 34.2 Å². The minimum absolute atomic E-state index is 0.0568. The lowest BCUT2D eigenvalue weighted by atomic mass is 9.99. The SMILES string of the molecule is COc1ccc(-c2cc(-c3ccccc3)[nH+]c(SCC(=O)NCC(=O)[O-])c2C#N)cc1. The predicted octanol–water partition coefficient (Wildman–Crippen LogP) is 1.67. The molecule has 0 radical (unpaired) electrons. The number of H-pyrrole nitrogens is 1. The van der Waals surface area contributed by atoms with Crippen LogP contribution in [0.1, 0.15) is 5.56 Å². The number of aromatic amines is 1. The van der Waals surface area contributed by atoms with Crippen LogP contribution in [0, 0.1) is 11.3 Å². The van der Waals surface area contributed by atoms with Gasteiger partial charge in [-0.25, -0.2) is 0 Å². The number of nitriles is 1. The standard InChI is InChI=1S/C23H19N3O4S/c1-30-17-9-7-15(8-10-17)18-11-20(16-5-3-2-4-6-16)26-23(19(18)12-24)31-14-21(27)25-13-22(28)29/h2-11H,13-14H2,1H3,(H,25,27)(H,28,29). The van der Waals surface area contributed by atoms with E-state index in [1.165, 1.54) is 0 Å². The molecule has 0 atom stereocenters. The minimum atomic E-state index is -1.37. The molecule has 156 valence electrons. The molecule has 0 aliphatic carbocycles. The zero-order chi connectivity index (χ0) is 22.2. The van der Waals surface area contributed by atoms with E-state index in [0.717, 1.165) is 28.6 Å². The van der Waals surface area contributed by atoms with Crippen molar-refractivity contribution in [3.05, 3.63) is 66.2 Å². The number of hydrogen-bond donors (Lipinski definition) is 1. The number of nitrogens with zero attached hydrogens (tertiary/aromatic N) is 1. The van der Waals surface area contributed by atoms with Gasteiger partial charge in [0.25, 0.3) is 5.03 Å². The molecule has 0 aliphatic rings. The molecule has 7 nitrogen and oxygen atoms in total. The number of methoxy groups -OCH3 is 1. The van der Waals surface area contributed by atoms with E-state index in [1.54, 1.807) is 7.11 Å². The third-order valence-corrected chi connectivity index (χ3v) is 5.41. The van der Waals surface area contributed by atoms with Gasteiger partial charge in [-0.2, -0.15) is 10.2 Å². The molecule has 0 saturated heterocycles. The van der Waals surface area contributed by atoms with Crippen LogP contribution < -0.4 is 20.1 Å². The van der Waals surface area contributed by atoms with Crippen LogP contribution in [-0.4, -0.2) is 31.3 Å². The van der Waals surface area contributed by atoms with Gasteiger partial charge >= 0.3 is 0 Å². The first-order valence-corrected chi connectivity index (χ1v) is 10.3. The molecule has 1 aromatic heterocycles. The Kier molecular flexibility index (Phi) is 7.25. The van der Waals surface area contributed by atoms with Crippen molar-refractivity contribution in [2.24, 2.45) is 0 Å². The first-order chi connectivity index (χ1) is 15.0. The summed E-state index contributed by atoms with van der Waals surface area (Å²) in [7, 11) is 1.58. The van der Waals surface area contributed by atoms with Crippen LogP contribution in [0.15, 0.2) is 65.7 Å². The maximum Gasteiger partial charge on any atom is 0.258 e. The lowest BCUT2D eigenvalue weighted by molar-refractivity contribution is -0.414. The first-order valence-electron chi connectivity index (χ1n) is 9.31. The van der Waals surface area contributed by atoms with Crippen LogP contribution in [0.4, 0.5) is 0 Å². The molecular weight excluding hydrogens is 414 g/mol. The molecule has 0 aliphatic heterocycles. The normalized spacial score (nSPS) is 10.2. The number of aliphatic carboxylic acids is 1. The Hall–Kier alpha value is -3.83. The van der Waals surface area contributed by atoms with Gasteiger partial charge in [0.15, 0.2) is 0 Å². The van der Waals surface area contributed by atoms with Gasteiger partial charge in [-0.05, 0) is 41.6 Å². The summed E-state index contributed by atoms with van der Waals surface area (Å²) in [5.74, 6) is -1.19. The van der Waals surface area contributed by atoms with Crippen LogP contribution in [0.5, 0.6) is 5.75 Å². The smallest absolute Gasteiger partial charge is 0.258 e. The minimum Gasteiger partial charge on any atom is -0.548 e. The summed E-state index contributed by atoms with van der Waals surface area (Å²) in [6, 6.07) is 21.1. The summed E-state index contributed by atoms with van der Waals surface area (Å²) in [4.78, 5) is 25.7. The van der Waals surface area contributed by atoms with E-state index in [-0.39, 0.29) is 5.75 Å². The number of carboxylic acids is 1. The Bertz CT molecular complexity index is 1130. The number of aromatic nitrogens is 1. The van der Waals surface area contributed by atoms with Crippen molar-refractivity contribution < 1.29 is 24.4 Å². The van der Waals surface area contributed by atoms with Crippen molar-refractivity contribution in [3.63, 3.8) is 0 Å². The van der Waals surface area contributed by atoms with Crippen molar-refractivity contribution in [2.45, 2.75) is 5.03 Å². The van der Waals surface area contributed by atoms with Crippen LogP contribution >= 0.6 is 11.8 Å². The van der Waals surface area contributed by atoms with E-state index in [0.29, 0.717) is 21.9 Å². The molecule has 2 N–H and O–H groups in total. The highest BCUT2D eigenvalue weighted by molar-refractivity contribution is 7.99.